The fourth-order valence-corrected chi connectivity index (χ4v) is 4.14. The molecule has 33 heavy (non-hydrogen) atoms. The lowest BCUT2D eigenvalue weighted by Crippen LogP contribution is -2.56. The third kappa shape index (κ3) is 5.51. The Morgan fingerprint density at radius 2 is 1.58 bits per heavy atom. The molecule has 0 aliphatic heterocycles. The van der Waals surface area contributed by atoms with Crippen molar-refractivity contribution in [1.29, 1.82) is 0 Å². The number of benzene rings is 2. The lowest BCUT2D eigenvalue weighted by molar-refractivity contribution is -0.146. The van der Waals surface area contributed by atoms with Gasteiger partial charge in [-0.3, -0.25) is 9.59 Å². The van der Waals surface area contributed by atoms with E-state index in [0.717, 1.165) is 27.2 Å². The maximum Gasteiger partial charge on any atom is 0.407 e. The molecule has 0 unspecified atom stereocenters. The van der Waals surface area contributed by atoms with Crippen LogP contribution in [0.1, 0.15) is 37.8 Å². The Hall–Kier alpha value is -3.39. The Kier molecular flexibility index (Phi) is 7.38. The number of nitrogens with one attached hydrogen (secondary N) is 1. The van der Waals surface area contributed by atoms with E-state index in [1.54, 1.807) is 20.8 Å². The van der Waals surface area contributed by atoms with Crippen molar-refractivity contribution in [2.24, 2.45) is 5.41 Å². The van der Waals surface area contributed by atoms with Crippen molar-refractivity contribution in [3.63, 3.8) is 0 Å². The SMILES string of the molecule is CC(C)(C)[C@H](NC(=O)OCC1c2ccccc2-c2ccccc21)C(=O)N(CCO)CC(=O)O. The number of carboxylic acids is 1. The van der Waals surface area contributed by atoms with Crippen LogP contribution in [0.2, 0.25) is 0 Å². The van der Waals surface area contributed by atoms with Crippen molar-refractivity contribution in [3.8, 4) is 11.1 Å². The molecule has 2 amide bonds. The van der Waals surface area contributed by atoms with Crippen molar-refractivity contribution in [2.45, 2.75) is 32.7 Å². The summed E-state index contributed by atoms with van der Waals surface area (Å²) >= 11 is 0. The minimum absolute atomic E-state index is 0.0976. The van der Waals surface area contributed by atoms with Crippen molar-refractivity contribution in [3.05, 3.63) is 59.7 Å². The minimum Gasteiger partial charge on any atom is -0.480 e. The lowest BCUT2D eigenvalue weighted by Gasteiger charge is -2.34. The number of amides is 2. The van der Waals surface area contributed by atoms with Crippen LogP contribution in [0.25, 0.3) is 11.1 Å². The first-order valence-corrected chi connectivity index (χ1v) is 10.9. The summed E-state index contributed by atoms with van der Waals surface area (Å²) in [6.07, 6.45) is -0.760. The largest absolute Gasteiger partial charge is 0.480 e. The molecule has 8 nitrogen and oxygen atoms in total. The van der Waals surface area contributed by atoms with E-state index >= 15 is 0 Å². The molecule has 0 saturated carbocycles. The highest BCUT2D eigenvalue weighted by Gasteiger charge is 2.37. The molecule has 0 heterocycles. The van der Waals surface area contributed by atoms with Crippen LogP contribution in [0.15, 0.2) is 48.5 Å². The highest BCUT2D eigenvalue weighted by atomic mass is 16.5. The number of ether oxygens (including phenoxy) is 1. The van der Waals surface area contributed by atoms with Crippen LogP contribution in [0.5, 0.6) is 0 Å². The van der Waals surface area contributed by atoms with E-state index in [2.05, 4.69) is 5.32 Å². The van der Waals surface area contributed by atoms with Gasteiger partial charge in [0.25, 0.3) is 0 Å². The standard InChI is InChI=1S/C25H30N2O6/c1-25(2,3)22(23(31)27(12-13-28)14-21(29)30)26-24(32)33-15-20-18-10-6-4-8-16(18)17-9-5-7-11-19(17)20/h4-11,20,22,28H,12-15H2,1-3H3,(H,26,32)(H,29,30)/t22-/m1/s1. The molecular formula is C25H30N2O6. The second kappa shape index (κ2) is 10.0. The molecule has 0 spiro atoms. The summed E-state index contributed by atoms with van der Waals surface area (Å²) in [5.74, 6) is -1.91. The van der Waals surface area contributed by atoms with Crippen molar-refractivity contribution >= 4 is 18.0 Å². The summed E-state index contributed by atoms with van der Waals surface area (Å²) < 4.78 is 5.55. The average molecular weight is 455 g/mol. The van der Waals surface area contributed by atoms with Crippen molar-refractivity contribution in [1.82, 2.24) is 10.2 Å². The Morgan fingerprint density at radius 1 is 1.03 bits per heavy atom. The Balaban J connectivity index is 1.73. The highest BCUT2D eigenvalue weighted by molar-refractivity contribution is 5.89. The number of aliphatic carboxylic acids is 1. The second-order valence-electron chi connectivity index (χ2n) is 9.15. The number of aliphatic hydroxyl groups excluding tert-OH is 1. The van der Waals surface area contributed by atoms with Crippen LogP contribution in [0.4, 0.5) is 4.79 Å². The number of hydrogen-bond donors (Lipinski definition) is 3. The summed E-state index contributed by atoms with van der Waals surface area (Å²) in [6, 6.07) is 14.9. The fraction of sp³-hybridized carbons (Fsp3) is 0.400. The number of nitrogens with zero attached hydrogens (tertiary/aromatic N) is 1. The van der Waals surface area contributed by atoms with E-state index in [1.807, 2.05) is 48.5 Å². The van der Waals surface area contributed by atoms with Crippen molar-refractivity contribution < 1.29 is 29.3 Å². The quantitative estimate of drug-likeness (QED) is 0.565. The topological polar surface area (TPSA) is 116 Å². The molecule has 2 aromatic rings. The van der Waals surface area contributed by atoms with E-state index in [-0.39, 0.29) is 25.7 Å². The van der Waals surface area contributed by atoms with Gasteiger partial charge in [0.05, 0.1) is 6.61 Å². The smallest absolute Gasteiger partial charge is 0.407 e. The molecule has 176 valence electrons. The van der Waals surface area contributed by atoms with Gasteiger partial charge in [-0.2, -0.15) is 0 Å². The predicted molar refractivity (Wildman–Crippen MR) is 123 cm³/mol. The Labute approximate surface area is 193 Å². The van der Waals surface area contributed by atoms with Gasteiger partial charge in [-0.25, -0.2) is 4.79 Å². The third-order valence-corrected chi connectivity index (χ3v) is 5.73. The van der Waals surface area contributed by atoms with Crippen LogP contribution in [0.3, 0.4) is 0 Å². The number of alkyl carbamates (subject to hydrolysis) is 1. The molecule has 0 fully saturated rings. The molecule has 0 bridgehead atoms. The summed E-state index contributed by atoms with van der Waals surface area (Å²) in [4.78, 5) is 37.9. The number of aliphatic hydroxyl groups is 1. The molecule has 3 rings (SSSR count). The fourth-order valence-electron chi connectivity index (χ4n) is 4.14. The van der Waals surface area contributed by atoms with Crippen LogP contribution in [-0.4, -0.2) is 65.4 Å². The number of rotatable bonds is 8. The zero-order valence-electron chi connectivity index (χ0n) is 19.1. The van der Waals surface area contributed by atoms with Crippen LogP contribution in [-0.2, 0) is 14.3 Å². The molecule has 2 aromatic carbocycles. The zero-order valence-corrected chi connectivity index (χ0v) is 19.1. The predicted octanol–water partition coefficient (Wildman–Crippen LogP) is 2.85. The first-order valence-electron chi connectivity index (χ1n) is 10.9. The van der Waals surface area contributed by atoms with E-state index in [4.69, 9.17) is 9.84 Å². The number of hydrogen-bond acceptors (Lipinski definition) is 5. The number of carboxylic acid groups (broad SMARTS) is 1. The van der Waals surface area contributed by atoms with Gasteiger partial charge in [0.2, 0.25) is 5.91 Å². The van der Waals surface area contributed by atoms with Gasteiger partial charge in [-0.15, -0.1) is 0 Å². The minimum atomic E-state index is -1.20. The van der Waals surface area contributed by atoms with Crippen LogP contribution < -0.4 is 5.32 Å². The zero-order chi connectivity index (χ0) is 24.2. The summed E-state index contributed by atoms with van der Waals surface area (Å²) in [7, 11) is 0. The number of carbonyl (C=O) groups is 3. The monoisotopic (exact) mass is 454 g/mol. The molecule has 3 N–H and O–H groups in total. The third-order valence-electron chi connectivity index (χ3n) is 5.73. The normalized spacial score (nSPS) is 13.6. The molecular weight excluding hydrogens is 424 g/mol. The molecule has 0 aromatic heterocycles. The van der Waals surface area contributed by atoms with Gasteiger partial charge in [-0.05, 0) is 27.7 Å². The van der Waals surface area contributed by atoms with Gasteiger partial charge in [0.1, 0.15) is 19.2 Å². The van der Waals surface area contributed by atoms with Gasteiger partial charge in [0, 0.05) is 12.5 Å². The molecule has 1 atom stereocenters. The maximum absolute atomic E-state index is 13.0. The summed E-state index contributed by atoms with van der Waals surface area (Å²) in [5.41, 5.74) is 3.65. The molecule has 8 heteroatoms. The van der Waals surface area contributed by atoms with E-state index in [1.165, 1.54) is 0 Å². The van der Waals surface area contributed by atoms with Crippen molar-refractivity contribution in [2.75, 3.05) is 26.3 Å². The van der Waals surface area contributed by atoms with E-state index < -0.39 is 36.0 Å². The molecule has 1 aliphatic carbocycles. The van der Waals surface area contributed by atoms with Gasteiger partial charge in [-0.1, -0.05) is 69.3 Å². The Bertz CT molecular complexity index is 984. The van der Waals surface area contributed by atoms with Crippen LogP contribution in [0, 0.1) is 5.41 Å². The molecule has 0 saturated heterocycles. The van der Waals surface area contributed by atoms with E-state index in [0.29, 0.717) is 0 Å². The molecule has 0 radical (unpaired) electrons. The first kappa shape index (κ1) is 24.3. The molecule has 1 aliphatic rings. The second-order valence-corrected chi connectivity index (χ2v) is 9.15. The van der Waals surface area contributed by atoms with Gasteiger partial charge in [0.15, 0.2) is 0 Å². The lowest BCUT2D eigenvalue weighted by atomic mass is 9.86. The van der Waals surface area contributed by atoms with Gasteiger partial charge < -0.3 is 25.2 Å². The average Bonchev–Trinajstić information content (AvgIpc) is 3.08. The first-order chi connectivity index (χ1) is 15.6. The summed E-state index contributed by atoms with van der Waals surface area (Å²) in [5, 5.41) is 20.9. The highest BCUT2D eigenvalue weighted by Crippen LogP contribution is 2.44. The maximum atomic E-state index is 13.0. The van der Waals surface area contributed by atoms with Crippen LogP contribution >= 0.6 is 0 Å². The number of carbonyl (C=O) groups excluding carboxylic acids is 2. The van der Waals surface area contributed by atoms with Gasteiger partial charge >= 0.3 is 12.1 Å². The Morgan fingerprint density at radius 3 is 2.06 bits per heavy atom. The van der Waals surface area contributed by atoms with E-state index in [9.17, 15) is 19.5 Å². The number of fused-ring (bicyclic) bond motifs is 3. The summed E-state index contributed by atoms with van der Waals surface area (Å²) in [6.45, 7) is 4.27.